The normalized spacial score (nSPS) is 32.4. The molecule has 1 N–H and O–H groups in total. The highest BCUT2D eigenvalue weighted by Crippen LogP contribution is 2.62. The van der Waals surface area contributed by atoms with Crippen LogP contribution >= 0.6 is 0 Å². The van der Waals surface area contributed by atoms with Crippen LogP contribution in [0.5, 0.6) is 0 Å². The Labute approximate surface area is 102 Å². The minimum Gasteiger partial charge on any atom is -0.388 e. The third kappa shape index (κ3) is 1.70. The van der Waals surface area contributed by atoms with E-state index in [0.29, 0.717) is 5.92 Å². The number of halogens is 1. The zero-order valence-corrected chi connectivity index (χ0v) is 10.4. The van der Waals surface area contributed by atoms with Gasteiger partial charge in [-0.25, -0.2) is 4.39 Å². The van der Waals surface area contributed by atoms with E-state index in [4.69, 9.17) is 0 Å². The highest BCUT2D eigenvalue weighted by Gasteiger charge is 2.56. The zero-order chi connectivity index (χ0) is 12.2. The van der Waals surface area contributed by atoms with Crippen LogP contribution < -0.4 is 0 Å². The van der Waals surface area contributed by atoms with Crippen LogP contribution in [-0.2, 0) is 0 Å². The van der Waals surface area contributed by atoms with Crippen LogP contribution in [0.4, 0.5) is 4.39 Å². The molecule has 2 saturated carbocycles. The molecule has 2 fully saturated rings. The molecular weight excluding hydrogens is 215 g/mol. The number of fused-ring (bicyclic) bond motifs is 1. The van der Waals surface area contributed by atoms with Gasteiger partial charge in [0.15, 0.2) is 0 Å². The van der Waals surface area contributed by atoms with Crippen LogP contribution in [0.25, 0.3) is 0 Å². The molecule has 3 unspecified atom stereocenters. The maximum atomic E-state index is 13.2. The SMILES string of the molecule is Cc1cc(F)cc(C)c1C(O)C1C2CCCC21. The smallest absolute Gasteiger partial charge is 0.123 e. The van der Waals surface area contributed by atoms with E-state index in [1.54, 1.807) is 0 Å². The molecule has 0 radical (unpaired) electrons. The molecule has 0 saturated heterocycles. The molecule has 0 aromatic heterocycles. The van der Waals surface area contributed by atoms with Crippen LogP contribution in [0, 0.1) is 37.4 Å². The second-order valence-electron chi connectivity index (χ2n) is 5.73. The summed E-state index contributed by atoms with van der Waals surface area (Å²) in [6.07, 6.45) is 3.48. The third-order valence-corrected chi connectivity index (χ3v) is 4.69. The van der Waals surface area contributed by atoms with Crippen molar-refractivity contribution in [2.75, 3.05) is 0 Å². The van der Waals surface area contributed by atoms with Crippen LogP contribution in [0.2, 0.25) is 0 Å². The van der Waals surface area contributed by atoms with E-state index in [2.05, 4.69) is 0 Å². The number of benzene rings is 1. The predicted molar refractivity (Wildman–Crippen MR) is 65.2 cm³/mol. The van der Waals surface area contributed by atoms with Gasteiger partial charge in [0.05, 0.1) is 6.10 Å². The molecule has 3 atom stereocenters. The van der Waals surface area contributed by atoms with Crippen molar-refractivity contribution < 1.29 is 9.50 Å². The second kappa shape index (κ2) is 3.81. The van der Waals surface area contributed by atoms with Gasteiger partial charge in [-0.3, -0.25) is 0 Å². The highest BCUT2D eigenvalue weighted by molar-refractivity contribution is 5.37. The van der Waals surface area contributed by atoms with Gasteiger partial charge in [0.25, 0.3) is 0 Å². The Bertz CT molecular complexity index is 421. The van der Waals surface area contributed by atoms with Crippen molar-refractivity contribution in [1.82, 2.24) is 0 Å². The zero-order valence-electron chi connectivity index (χ0n) is 10.4. The van der Waals surface area contributed by atoms with Gasteiger partial charge in [-0.05, 0) is 73.3 Å². The quantitative estimate of drug-likeness (QED) is 0.830. The summed E-state index contributed by atoms with van der Waals surface area (Å²) in [5.74, 6) is 1.70. The molecule has 3 rings (SSSR count). The average molecular weight is 234 g/mol. The molecule has 1 aromatic rings. The molecule has 0 heterocycles. The van der Waals surface area contributed by atoms with Gasteiger partial charge in [-0.1, -0.05) is 6.42 Å². The number of aliphatic hydroxyl groups excluding tert-OH is 1. The minimum atomic E-state index is -0.383. The monoisotopic (exact) mass is 234 g/mol. The van der Waals surface area contributed by atoms with E-state index in [1.165, 1.54) is 31.4 Å². The molecule has 2 aliphatic rings. The van der Waals surface area contributed by atoms with E-state index in [9.17, 15) is 9.50 Å². The van der Waals surface area contributed by atoms with Gasteiger partial charge in [0.2, 0.25) is 0 Å². The molecule has 2 heteroatoms. The molecule has 0 bridgehead atoms. The standard InChI is InChI=1S/C15H19FO/c1-8-6-10(16)7-9(2)13(8)15(17)14-11-4-3-5-12(11)14/h6-7,11-12,14-15,17H,3-5H2,1-2H3. The number of hydrogen-bond acceptors (Lipinski definition) is 1. The van der Waals surface area contributed by atoms with Crippen LogP contribution in [0.15, 0.2) is 12.1 Å². The number of rotatable bonds is 2. The molecular formula is C15H19FO. The summed E-state index contributed by atoms with van der Waals surface area (Å²) < 4.78 is 13.2. The Morgan fingerprint density at radius 3 is 2.24 bits per heavy atom. The molecule has 1 aromatic carbocycles. The van der Waals surface area contributed by atoms with E-state index in [1.807, 2.05) is 13.8 Å². The molecule has 0 aliphatic heterocycles. The van der Waals surface area contributed by atoms with Gasteiger partial charge >= 0.3 is 0 Å². The fourth-order valence-electron chi connectivity index (χ4n) is 3.93. The number of aryl methyl sites for hydroxylation is 2. The third-order valence-electron chi connectivity index (χ3n) is 4.69. The molecule has 0 spiro atoms. The molecule has 1 nitrogen and oxygen atoms in total. The van der Waals surface area contributed by atoms with E-state index < -0.39 is 0 Å². The Morgan fingerprint density at radius 2 is 1.71 bits per heavy atom. The summed E-state index contributed by atoms with van der Waals surface area (Å²) in [5.41, 5.74) is 2.74. The van der Waals surface area contributed by atoms with Crippen molar-refractivity contribution in [3.63, 3.8) is 0 Å². The Balaban J connectivity index is 1.89. The van der Waals surface area contributed by atoms with Gasteiger partial charge in [-0.15, -0.1) is 0 Å². The van der Waals surface area contributed by atoms with Crippen LogP contribution in [-0.4, -0.2) is 5.11 Å². The van der Waals surface area contributed by atoms with Gasteiger partial charge in [0.1, 0.15) is 5.82 Å². The topological polar surface area (TPSA) is 20.2 Å². The van der Waals surface area contributed by atoms with Crippen LogP contribution in [0.1, 0.15) is 42.1 Å². The van der Waals surface area contributed by atoms with Crippen molar-refractivity contribution in [3.8, 4) is 0 Å². The molecule has 92 valence electrons. The Hall–Kier alpha value is -0.890. The molecule has 2 aliphatic carbocycles. The maximum absolute atomic E-state index is 13.2. The first-order valence-corrected chi connectivity index (χ1v) is 6.54. The van der Waals surface area contributed by atoms with Gasteiger partial charge in [-0.2, -0.15) is 0 Å². The summed E-state index contributed by atoms with van der Waals surface area (Å²) in [5, 5.41) is 10.5. The Morgan fingerprint density at radius 1 is 1.18 bits per heavy atom. The summed E-state index contributed by atoms with van der Waals surface area (Å²) in [4.78, 5) is 0. The van der Waals surface area contributed by atoms with E-state index in [0.717, 1.165) is 28.5 Å². The van der Waals surface area contributed by atoms with Crippen molar-refractivity contribution >= 4 is 0 Å². The fraction of sp³-hybridized carbons (Fsp3) is 0.600. The summed E-state index contributed by atoms with van der Waals surface area (Å²) in [7, 11) is 0. The minimum absolute atomic E-state index is 0.202. The lowest BCUT2D eigenvalue weighted by molar-refractivity contribution is 0.135. The fourth-order valence-corrected chi connectivity index (χ4v) is 3.93. The first-order chi connectivity index (χ1) is 8.09. The maximum Gasteiger partial charge on any atom is 0.123 e. The summed E-state index contributed by atoms with van der Waals surface area (Å²) in [6.45, 7) is 3.79. The summed E-state index contributed by atoms with van der Waals surface area (Å²) >= 11 is 0. The lowest BCUT2D eigenvalue weighted by atomic mass is 9.92. The van der Waals surface area contributed by atoms with Gasteiger partial charge in [0, 0.05) is 0 Å². The van der Waals surface area contributed by atoms with Crippen molar-refractivity contribution in [1.29, 1.82) is 0 Å². The predicted octanol–water partition coefficient (Wildman–Crippen LogP) is 3.52. The van der Waals surface area contributed by atoms with Gasteiger partial charge < -0.3 is 5.11 Å². The molecule has 17 heavy (non-hydrogen) atoms. The van der Waals surface area contributed by atoms with E-state index >= 15 is 0 Å². The average Bonchev–Trinajstić information content (AvgIpc) is 2.71. The lowest BCUT2D eigenvalue weighted by Gasteiger charge is -2.18. The van der Waals surface area contributed by atoms with Crippen molar-refractivity contribution in [2.45, 2.75) is 39.2 Å². The number of aliphatic hydroxyl groups is 1. The first kappa shape index (κ1) is 11.2. The molecule has 0 amide bonds. The van der Waals surface area contributed by atoms with Crippen LogP contribution in [0.3, 0.4) is 0 Å². The highest BCUT2D eigenvalue weighted by atomic mass is 19.1. The van der Waals surface area contributed by atoms with Crippen molar-refractivity contribution in [3.05, 3.63) is 34.6 Å². The lowest BCUT2D eigenvalue weighted by Crippen LogP contribution is -2.08. The Kier molecular flexibility index (Phi) is 2.51. The summed E-state index contributed by atoms with van der Waals surface area (Å²) in [6, 6.07) is 3.06. The largest absolute Gasteiger partial charge is 0.388 e. The van der Waals surface area contributed by atoms with Crippen molar-refractivity contribution in [2.24, 2.45) is 17.8 Å². The van der Waals surface area contributed by atoms with E-state index in [-0.39, 0.29) is 11.9 Å². The second-order valence-corrected chi connectivity index (χ2v) is 5.73. The first-order valence-electron chi connectivity index (χ1n) is 6.54. The number of hydrogen-bond donors (Lipinski definition) is 1.